The number of nitrogens with zero attached hydrogens (tertiary/aromatic N) is 1. The van der Waals surface area contributed by atoms with Crippen molar-refractivity contribution in [3.8, 4) is 0 Å². The normalized spacial score (nSPS) is 16.1. The molecule has 8 heteroatoms. The number of halogens is 3. The Morgan fingerprint density at radius 3 is 2.30 bits per heavy atom. The van der Waals surface area contributed by atoms with Crippen LogP contribution in [-0.2, 0) is 14.9 Å². The smallest absolute Gasteiger partial charge is 0.422 e. The summed E-state index contributed by atoms with van der Waals surface area (Å²) in [5.74, 6) is -0.445. The van der Waals surface area contributed by atoms with Crippen LogP contribution >= 0.6 is 0 Å². The molecule has 1 aromatic rings. The highest BCUT2D eigenvalue weighted by atomic mass is 19.4. The third kappa shape index (κ3) is 6.15. The number of para-hydroxylation sites is 1. The fraction of sp³-hybridized carbons (Fsp3) is 0.579. The number of likely N-dealkylation sites (tertiary alicyclic amines) is 1. The first-order valence-electron chi connectivity index (χ1n) is 8.86. The van der Waals surface area contributed by atoms with Crippen molar-refractivity contribution < 1.29 is 27.5 Å². The Hall–Kier alpha value is -2.25. The van der Waals surface area contributed by atoms with Crippen LogP contribution in [0.5, 0.6) is 0 Å². The van der Waals surface area contributed by atoms with Gasteiger partial charge in [-0.1, -0.05) is 39.0 Å². The summed E-state index contributed by atoms with van der Waals surface area (Å²) in [5, 5.41) is 2.95. The summed E-state index contributed by atoms with van der Waals surface area (Å²) in [7, 11) is 0. The van der Waals surface area contributed by atoms with E-state index in [2.05, 4.69) is 30.8 Å². The molecule has 0 spiro atoms. The average molecular weight is 386 g/mol. The van der Waals surface area contributed by atoms with Gasteiger partial charge in [0.05, 0.1) is 0 Å². The van der Waals surface area contributed by atoms with Gasteiger partial charge in [0.2, 0.25) is 5.91 Å². The van der Waals surface area contributed by atoms with Gasteiger partial charge in [0.15, 0.2) is 6.61 Å². The Labute approximate surface area is 156 Å². The number of piperidine rings is 1. The van der Waals surface area contributed by atoms with Gasteiger partial charge in [-0.2, -0.15) is 13.2 Å². The first kappa shape index (κ1) is 21.1. The maximum atomic E-state index is 12.6. The number of hydrogen-bond acceptors (Lipinski definition) is 3. The van der Waals surface area contributed by atoms with E-state index in [1.807, 2.05) is 24.3 Å². The summed E-state index contributed by atoms with van der Waals surface area (Å²) in [6.45, 7) is 4.95. The van der Waals surface area contributed by atoms with Crippen LogP contribution in [0.4, 0.5) is 23.7 Å². The molecule has 0 saturated carbocycles. The SMILES string of the molecule is CC(C)(C)c1ccccc1NC(=O)C1CCN(C(=O)OCC(F)(F)F)CC1. The van der Waals surface area contributed by atoms with Crippen molar-refractivity contribution >= 4 is 17.7 Å². The molecule has 1 N–H and O–H groups in total. The minimum Gasteiger partial charge on any atom is -0.440 e. The summed E-state index contributed by atoms with van der Waals surface area (Å²) >= 11 is 0. The molecule has 1 aliphatic rings. The number of hydrogen-bond donors (Lipinski definition) is 1. The van der Waals surface area contributed by atoms with Crippen LogP contribution in [0.25, 0.3) is 0 Å². The zero-order chi connectivity index (χ0) is 20.2. The molecule has 0 unspecified atom stereocenters. The Balaban J connectivity index is 1.90. The molecule has 0 aliphatic carbocycles. The highest BCUT2D eigenvalue weighted by Gasteiger charge is 2.33. The van der Waals surface area contributed by atoms with E-state index in [4.69, 9.17) is 0 Å². The zero-order valence-electron chi connectivity index (χ0n) is 15.7. The van der Waals surface area contributed by atoms with E-state index in [9.17, 15) is 22.8 Å². The maximum absolute atomic E-state index is 12.6. The largest absolute Gasteiger partial charge is 0.440 e. The lowest BCUT2D eigenvalue weighted by atomic mass is 9.85. The third-order valence-corrected chi connectivity index (χ3v) is 4.48. The Bertz CT molecular complexity index is 676. The van der Waals surface area contributed by atoms with E-state index in [1.165, 1.54) is 4.90 Å². The average Bonchev–Trinajstić information content (AvgIpc) is 2.58. The molecule has 0 atom stereocenters. The molecule has 1 heterocycles. The predicted octanol–water partition coefficient (Wildman–Crippen LogP) is 4.33. The van der Waals surface area contributed by atoms with Crippen molar-refractivity contribution in [2.45, 2.75) is 45.2 Å². The van der Waals surface area contributed by atoms with E-state index in [0.29, 0.717) is 12.8 Å². The lowest BCUT2D eigenvalue weighted by Crippen LogP contribution is -2.42. The van der Waals surface area contributed by atoms with Gasteiger partial charge < -0.3 is 15.0 Å². The van der Waals surface area contributed by atoms with Crippen LogP contribution in [0, 0.1) is 5.92 Å². The van der Waals surface area contributed by atoms with Crippen molar-refractivity contribution in [1.29, 1.82) is 0 Å². The molecular formula is C19H25F3N2O3. The molecule has 1 aromatic carbocycles. The molecule has 2 amide bonds. The fourth-order valence-electron chi connectivity index (χ4n) is 3.04. The maximum Gasteiger partial charge on any atom is 0.422 e. The molecule has 27 heavy (non-hydrogen) atoms. The van der Waals surface area contributed by atoms with Crippen LogP contribution in [0.3, 0.4) is 0 Å². The Kier molecular flexibility index (Phi) is 6.38. The van der Waals surface area contributed by atoms with E-state index >= 15 is 0 Å². The van der Waals surface area contributed by atoms with Gasteiger partial charge >= 0.3 is 12.3 Å². The van der Waals surface area contributed by atoms with Gasteiger partial charge in [-0.3, -0.25) is 4.79 Å². The minimum atomic E-state index is -4.55. The Morgan fingerprint density at radius 1 is 1.15 bits per heavy atom. The monoisotopic (exact) mass is 386 g/mol. The first-order valence-corrected chi connectivity index (χ1v) is 8.86. The topological polar surface area (TPSA) is 58.6 Å². The number of rotatable bonds is 3. The molecular weight excluding hydrogens is 361 g/mol. The third-order valence-electron chi connectivity index (χ3n) is 4.48. The van der Waals surface area contributed by atoms with Crippen LogP contribution in [0.1, 0.15) is 39.2 Å². The molecule has 1 fully saturated rings. The van der Waals surface area contributed by atoms with E-state index < -0.39 is 18.9 Å². The van der Waals surface area contributed by atoms with E-state index in [-0.39, 0.29) is 30.3 Å². The lowest BCUT2D eigenvalue weighted by molar-refractivity contribution is -0.162. The summed E-state index contributed by atoms with van der Waals surface area (Å²) in [6, 6.07) is 7.59. The molecule has 0 aromatic heterocycles. The highest BCUT2D eigenvalue weighted by Crippen LogP contribution is 2.30. The summed E-state index contributed by atoms with van der Waals surface area (Å²) in [5.41, 5.74) is 1.64. The number of carbonyl (C=O) groups excluding carboxylic acids is 2. The van der Waals surface area contributed by atoms with Gasteiger partial charge in [-0.05, 0) is 29.9 Å². The minimum absolute atomic E-state index is 0.129. The van der Waals surface area contributed by atoms with E-state index in [1.54, 1.807) is 0 Å². The van der Waals surface area contributed by atoms with Crippen molar-refractivity contribution in [2.75, 3.05) is 25.0 Å². The van der Waals surface area contributed by atoms with Crippen molar-refractivity contribution in [3.05, 3.63) is 29.8 Å². The summed E-state index contributed by atoms with van der Waals surface area (Å²) in [6.07, 6.45) is -4.78. The number of ether oxygens (including phenoxy) is 1. The molecule has 150 valence electrons. The number of benzene rings is 1. The Morgan fingerprint density at radius 2 is 1.74 bits per heavy atom. The van der Waals surface area contributed by atoms with Gasteiger partial charge in [0, 0.05) is 24.7 Å². The number of amides is 2. The van der Waals surface area contributed by atoms with Crippen LogP contribution in [0.2, 0.25) is 0 Å². The zero-order valence-corrected chi connectivity index (χ0v) is 15.7. The first-order chi connectivity index (χ1) is 12.5. The van der Waals surface area contributed by atoms with Crippen molar-refractivity contribution in [2.24, 2.45) is 5.92 Å². The second-order valence-electron chi connectivity index (χ2n) is 7.72. The van der Waals surface area contributed by atoms with Gasteiger partial charge in [0.25, 0.3) is 0 Å². The van der Waals surface area contributed by atoms with Crippen molar-refractivity contribution in [3.63, 3.8) is 0 Å². The molecule has 0 bridgehead atoms. The van der Waals surface area contributed by atoms with Crippen LogP contribution in [0.15, 0.2) is 24.3 Å². The van der Waals surface area contributed by atoms with Gasteiger partial charge in [-0.25, -0.2) is 4.79 Å². The number of carbonyl (C=O) groups is 2. The van der Waals surface area contributed by atoms with E-state index in [0.717, 1.165) is 11.3 Å². The quantitative estimate of drug-likeness (QED) is 0.841. The second kappa shape index (κ2) is 8.19. The van der Waals surface area contributed by atoms with Crippen LogP contribution in [-0.4, -0.2) is 42.8 Å². The summed E-state index contributed by atoms with van der Waals surface area (Å²) in [4.78, 5) is 25.5. The lowest BCUT2D eigenvalue weighted by Gasteiger charge is -2.31. The number of alkyl halides is 3. The number of anilines is 1. The predicted molar refractivity (Wildman–Crippen MR) is 95.5 cm³/mol. The molecule has 1 aliphatic heterocycles. The van der Waals surface area contributed by atoms with Crippen molar-refractivity contribution in [1.82, 2.24) is 4.90 Å². The van der Waals surface area contributed by atoms with Gasteiger partial charge in [0.1, 0.15) is 0 Å². The number of nitrogens with one attached hydrogen (secondary N) is 1. The fourth-order valence-corrected chi connectivity index (χ4v) is 3.04. The molecule has 2 rings (SSSR count). The molecule has 1 saturated heterocycles. The summed E-state index contributed by atoms with van der Waals surface area (Å²) < 4.78 is 40.6. The van der Waals surface area contributed by atoms with Crippen LogP contribution < -0.4 is 5.32 Å². The van der Waals surface area contributed by atoms with Gasteiger partial charge in [-0.15, -0.1) is 0 Å². The highest BCUT2D eigenvalue weighted by molar-refractivity contribution is 5.93. The second-order valence-corrected chi connectivity index (χ2v) is 7.72. The molecule has 5 nitrogen and oxygen atoms in total. The molecule has 0 radical (unpaired) electrons. The standard InChI is InChI=1S/C19H25F3N2O3/c1-18(2,3)14-6-4-5-7-15(14)23-16(25)13-8-10-24(11-9-13)17(26)27-12-19(20,21)22/h4-7,13H,8-12H2,1-3H3,(H,23,25).